The number of carbonyl (C=O) groups is 1. The van der Waals surface area contributed by atoms with Gasteiger partial charge in [-0.05, 0) is 18.9 Å². The zero-order valence-electron chi connectivity index (χ0n) is 16.6. The van der Waals surface area contributed by atoms with E-state index in [-0.39, 0.29) is 28.5 Å². The summed E-state index contributed by atoms with van der Waals surface area (Å²) in [7, 11) is 0. The Morgan fingerprint density at radius 1 is 1.30 bits per heavy atom. The number of aromatic nitrogens is 2. The normalized spacial score (nSPS) is 16.1. The van der Waals surface area contributed by atoms with E-state index >= 15 is 0 Å². The van der Waals surface area contributed by atoms with Gasteiger partial charge in [-0.25, -0.2) is 9.97 Å². The summed E-state index contributed by atoms with van der Waals surface area (Å²) >= 11 is 5.82. The summed E-state index contributed by atoms with van der Waals surface area (Å²) in [6, 6.07) is 10.0. The number of hydrogen-bond donors (Lipinski definition) is 4. The number of rotatable bonds is 7. The number of ether oxygens (including phenoxy) is 1. The van der Waals surface area contributed by atoms with Gasteiger partial charge in [-0.15, -0.1) is 0 Å². The third-order valence-corrected chi connectivity index (χ3v) is 4.64. The fourth-order valence-corrected chi connectivity index (χ4v) is 2.95. The SMILES string of the molecule is C/C(=C\[C@H]1CN=C(NC(=O)c2nc(Cl)c(N)nc2N)N1)CCOCc1ccccc1. The van der Waals surface area contributed by atoms with Crippen molar-refractivity contribution < 1.29 is 9.53 Å². The van der Waals surface area contributed by atoms with Crippen LogP contribution in [0.2, 0.25) is 5.15 Å². The van der Waals surface area contributed by atoms with E-state index in [2.05, 4.69) is 31.7 Å². The van der Waals surface area contributed by atoms with E-state index in [9.17, 15) is 4.79 Å². The van der Waals surface area contributed by atoms with Gasteiger partial charge in [0.05, 0.1) is 25.8 Å². The number of amides is 1. The van der Waals surface area contributed by atoms with Crippen LogP contribution in [0, 0.1) is 0 Å². The molecule has 158 valence electrons. The molecule has 6 N–H and O–H groups in total. The Balaban J connectivity index is 1.44. The van der Waals surface area contributed by atoms with Crippen LogP contribution in [0.25, 0.3) is 0 Å². The lowest BCUT2D eigenvalue weighted by Gasteiger charge is -2.11. The molecule has 0 fully saturated rings. The van der Waals surface area contributed by atoms with Gasteiger partial charge < -0.3 is 21.5 Å². The Hall–Kier alpha value is -3.17. The van der Waals surface area contributed by atoms with Crippen LogP contribution in [0.1, 0.15) is 29.4 Å². The van der Waals surface area contributed by atoms with Crippen molar-refractivity contribution in [2.45, 2.75) is 26.0 Å². The Labute approximate surface area is 179 Å². The van der Waals surface area contributed by atoms with Crippen LogP contribution in [0.3, 0.4) is 0 Å². The summed E-state index contributed by atoms with van der Waals surface area (Å²) in [6.07, 6.45) is 2.88. The fraction of sp³-hybridized carbons (Fsp3) is 0.300. The lowest BCUT2D eigenvalue weighted by atomic mass is 10.1. The van der Waals surface area contributed by atoms with Crippen molar-refractivity contribution >= 4 is 35.1 Å². The molecule has 0 bridgehead atoms. The van der Waals surface area contributed by atoms with E-state index < -0.39 is 5.91 Å². The van der Waals surface area contributed by atoms with Gasteiger partial charge >= 0.3 is 0 Å². The molecule has 0 aliphatic carbocycles. The second-order valence-electron chi connectivity index (χ2n) is 6.83. The molecule has 1 aromatic heterocycles. The van der Waals surface area contributed by atoms with Gasteiger partial charge in [0.1, 0.15) is 0 Å². The van der Waals surface area contributed by atoms with E-state index in [0.29, 0.717) is 25.7 Å². The molecule has 2 heterocycles. The van der Waals surface area contributed by atoms with E-state index in [0.717, 1.165) is 12.0 Å². The van der Waals surface area contributed by atoms with Gasteiger partial charge in [-0.2, -0.15) is 0 Å². The smallest absolute Gasteiger partial charge is 0.280 e. The number of hydrogen-bond acceptors (Lipinski definition) is 8. The van der Waals surface area contributed by atoms with E-state index in [4.69, 9.17) is 27.8 Å². The second-order valence-corrected chi connectivity index (χ2v) is 7.19. The summed E-state index contributed by atoms with van der Waals surface area (Å²) in [6.45, 7) is 3.76. The van der Waals surface area contributed by atoms with Crippen LogP contribution in [0.15, 0.2) is 47.0 Å². The number of nitrogen functional groups attached to an aromatic ring is 2. The Bertz CT molecular complexity index is 963. The monoisotopic (exact) mass is 429 g/mol. The quantitative estimate of drug-likeness (QED) is 0.389. The van der Waals surface area contributed by atoms with Crippen molar-refractivity contribution in [3.05, 3.63) is 58.4 Å². The predicted octanol–water partition coefficient (Wildman–Crippen LogP) is 1.91. The van der Waals surface area contributed by atoms with Crippen LogP contribution in [-0.2, 0) is 11.3 Å². The maximum absolute atomic E-state index is 12.4. The van der Waals surface area contributed by atoms with Crippen LogP contribution in [0.4, 0.5) is 11.6 Å². The van der Waals surface area contributed by atoms with Crippen LogP contribution in [0.5, 0.6) is 0 Å². The maximum Gasteiger partial charge on any atom is 0.280 e. The first kappa shape index (κ1) is 21.5. The minimum atomic E-state index is -0.566. The number of nitrogens with one attached hydrogen (secondary N) is 2. The Morgan fingerprint density at radius 2 is 2.07 bits per heavy atom. The molecule has 1 aliphatic rings. The van der Waals surface area contributed by atoms with Crippen molar-refractivity contribution in [3.63, 3.8) is 0 Å². The van der Waals surface area contributed by atoms with Crippen LogP contribution >= 0.6 is 11.6 Å². The second kappa shape index (κ2) is 10.0. The molecule has 1 aromatic carbocycles. The van der Waals surface area contributed by atoms with Gasteiger partial charge in [0.25, 0.3) is 5.91 Å². The number of halogens is 1. The average Bonchev–Trinajstić information content (AvgIpc) is 3.15. The van der Waals surface area contributed by atoms with Crippen molar-refractivity contribution in [1.29, 1.82) is 0 Å². The Morgan fingerprint density at radius 3 is 2.83 bits per heavy atom. The van der Waals surface area contributed by atoms with Gasteiger partial charge in [-0.3, -0.25) is 15.1 Å². The number of guanidine groups is 1. The van der Waals surface area contributed by atoms with Crippen molar-refractivity contribution in [3.8, 4) is 0 Å². The molecule has 10 heteroatoms. The summed E-state index contributed by atoms with van der Waals surface area (Å²) in [5, 5.41) is 5.68. The largest absolute Gasteiger partial charge is 0.382 e. The van der Waals surface area contributed by atoms with Crippen LogP contribution in [-0.4, -0.2) is 41.0 Å². The lowest BCUT2D eigenvalue weighted by molar-refractivity contribution is 0.0972. The first-order valence-electron chi connectivity index (χ1n) is 9.42. The van der Waals surface area contributed by atoms with Crippen molar-refractivity contribution in [2.75, 3.05) is 24.6 Å². The molecule has 0 radical (unpaired) electrons. The van der Waals surface area contributed by atoms with E-state index in [1.165, 1.54) is 5.57 Å². The molecule has 0 spiro atoms. The molecule has 1 aliphatic heterocycles. The molecule has 1 atom stereocenters. The molecule has 3 rings (SSSR count). The summed E-state index contributed by atoms with van der Waals surface area (Å²) < 4.78 is 5.72. The van der Waals surface area contributed by atoms with E-state index in [1.54, 1.807) is 0 Å². The zero-order chi connectivity index (χ0) is 21.5. The lowest BCUT2D eigenvalue weighted by Crippen LogP contribution is -2.42. The third kappa shape index (κ3) is 5.91. The summed E-state index contributed by atoms with van der Waals surface area (Å²) in [5.41, 5.74) is 13.4. The zero-order valence-corrected chi connectivity index (χ0v) is 17.3. The number of nitrogens with two attached hydrogens (primary N) is 2. The highest BCUT2D eigenvalue weighted by Gasteiger charge is 2.21. The van der Waals surface area contributed by atoms with Gasteiger partial charge in [-0.1, -0.05) is 53.6 Å². The molecule has 1 amide bonds. The minimum Gasteiger partial charge on any atom is -0.382 e. The highest BCUT2D eigenvalue weighted by atomic mass is 35.5. The topological polar surface area (TPSA) is 141 Å². The third-order valence-electron chi connectivity index (χ3n) is 4.36. The number of aliphatic imine (C=N–C) groups is 1. The molecular weight excluding hydrogens is 406 g/mol. The number of carbonyl (C=O) groups excluding carboxylic acids is 1. The molecule has 0 saturated heterocycles. The minimum absolute atomic E-state index is 0.0205. The summed E-state index contributed by atoms with van der Waals surface area (Å²) in [4.78, 5) is 24.3. The highest BCUT2D eigenvalue weighted by Crippen LogP contribution is 2.17. The van der Waals surface area contributed by atoms with E-state index in [1.807, 2.05) is 37.3 Å². The molecular formula is C20H24ClN7O2. The molecule has 2 aromatic rings. The first-order chi connectivity index (χ1) is 14.4. The highest BCUT2D eigenvalue weighted by molar-refractivity contribution is 6.31. The molecule has 30 heavy (non-hydrogen) atoms. The molecule has 9 nitrogen and oxygen atoms in total. The average molecular weight is 430 g/mol. The fourth-order valence-electron chi connectivity index (χ4n) is 2.83. The van der Waals surface area contributed by atoms with Gasteiger partial charge in [0.15, 0.2) is 28.4 Å². The summed E-state index contributed by atoms with van der Waals surface area (Å²) in [5.74, 6) is -0.362. The number of anilines is 2. The number of benzene rings is 1. The first-order valence-corrected chi connectivity index (χ1v) is 9.80. The molecule has 0 unspecified atom stereocenters. The van der Waals surface area contributed by atoms with Gasteiger partial charge in [0.2, 0.25) is 0 Å². The van der Waals surface area contributed by atoms with Gasteiger partial charge in [0, 0.05) is 0 Å². The maximum atomic E-state index is 12.4. The van der Waals surface area contributed by atoms with Crippen LogP contribution < -0.4 is 22.1 Å². The van der Waals surface area contributed by atoms with Crippen molar-refractivity contribution in [2.24, 2.45) is 4.99 Å². The number of nitrogens with zero attached hydrogens (tertiary/aromatic N) is 3. The molecule has 0 saturated carbocycles. The standard InChI is InChI=1S/C20H24ClN7O2/c1-12(7-8-30-11-13-5-3-2-4-6-13)9-14-10-24-20(25-14)28-19(29)15-17(22)27-18(23)16(21)26-15/h2-6,9,14H,7-8,10-11H2,1H3,(H4,22,23,27)(H2,24,25,28,29)/b12-9+/t14-/m0/s1. The Kier molecular flexibility index (Phi) is 7.21. The van der Waals surface area contributed by atoms with Crippen molar-refractivity contribution in [1.82, 2.24) is 20.6 Å². The predicted molar refractivity (Wildman–Crippen MR) is 117 cm³/mol.